The molecule has 2 fully saturated rings. The Kier molecular flexibility index (Phi) is 3.06. The Balaban J connectivity index is 1.40. The van der Waals surface area contributed by atoms with Crippen molar-refractivity contribution in [3.8, 4) is 11.5 Å². The highest BCUT2D eigenvalue weighted by molar-refractivity contribution is 5.90. The quantitative estimate of drug-likeness (QED) is 0.906. The Hall–Kier alpha value is -2.44. The lowest BCUT2D eigenvalue weighted by Crippen LogP contribution is -2.35. The van der Waals surface area contributed by atoms with Crippen LogP contribution in [0.25, 0.3) is 0 Å². The molecule has 0 radical (unpaired) electrons. The molecule has 22 heavy (non-hydrogen) atoms. The van der Waals surface area contributed by atoms with Crippen LogP contribution in [0.4, 0.5) is 10.5 Å². The summed E-state index contributed by atoms with van der Waals surface area (Å²) in [5.41, 5.74) is 0.699. The highest BCUT2D eigenvalue weighted by atomic mass is 16.7. The second-order valence-electron chi connectivity index (χ2n) is 5.67. The van der Waals surface area contributed by atoms with Crippen LogP contribution in [0.15, 0.2) is 18.2 Å². The van der Waals surface area contributed by atoms with Crippen molar-refractivity contribution in [2.75, 3.05) is 24.8 Å². The fourth-order valence-corrected chi connectivity index (χ4v) is 2.60. The number of rotatable bonds is 4. The van der Waals surface area contributed by atoms with E-state index in [4.69, 9.17) is 14.2 Å². The number of hydrogen-bond acceptors (Lipinski definition) is 5. The predicted octanol–water partition coefficient (Wildman–Crippen LogP) is 1.27. The maximum absolute atomic E-state index is 12.0. The number of hydrogen-bond donors (Lipinski definition) is 1. The molecule has 1 saturated carbocycles. The number of benzene rings is 1. The number of nitrogens with one attached hydrogen (secondary N) is 1. The predicted molar refractivity (Wildman–Crippen MR) is 75.9 cm³/mol. The molecular weight excluding hydrogens is 288 g/mol. The monoisotopic (exact) mass is 304 g/mol. The van der Waals surface area contributed by atoms with E-state index in [1.807, 2.05) is 0 Å². The normalized spacial score (nSPS) is 22.6. The van der Waals surface area contributed by atoms with E-state index < -0.39 is 6.09 Å². The van der Waals surface area contributed by atoms with Gasteiger partial charge < -0.3 is 19.5 Å². The molecule has 1 saturated heterocycles. The average molecular weight is 304 g/mol. The Morgan fingerprint density at radius 1 is 1.27 bits per heavy atom. The second-order valence-corrected chi connectivity index (χ2v) is 5.67. The SMILES string of the molecule is O=C(NCC1CN(c2ccc3c(c2)OCO3)C(=O)O1)C1CC1. The summed E-state index contributed by atoms with van der Waals surface area (Å²) in [6.45, 7) is 0.949. The maximum atomic E-state index is 12.0. The molecule has 116 valence electrons. The van der Waals surface area contributed by atoms with Gasteiger partial charge in [0.25, 0.3) is 0 Å². The van der Waals surface area contributed by atoms with E-state index in [0.717, 1.165) is 12.8 Å². The molecule has 1 N–H and O–H groups in total. The van der Waals surface area contributed by atoms with Crippen LogP contribution in [-0.2, 0) is 9.53 Å². The van der Waals surface area contributed by atoms with Crippen LogP contribution in [0.1, 0.15) is 12.8 Å². The number of anilines is 1. The van der Waals surface area contributed by atoms with Crippen LogP contribution in [0.3, 0.4) is 0 Å². The maximum Gasteiger partial charge on any atom is 0.414 e. The summed E-state index contributed by atoms with van der Waals surface area (Å²) in [6.07, 6.45) is 1.17. The number of carbonyl (C=O) groups excluding carboxylic acids is 2. The molecule has 3 aliphatic rings. The summed E-state index contributed by atoms with van der Waals surface area (Å²) in [5.74, 6) is 1.50. The minimum atomic E-state index is -0.412. The molecule has 2 heterocycles. The van der Waals surface area contributed by atoms with E-state index in [0.29, 0.717) is 30.3 Å². The van der Waals surface area contributed by atoms with Crippen LogP contribution in [0, 0.1) is 5.92 Å². The van der Waals surface area contributed by atoms with Crippen molar-refractivity contribution in [3.63, 3.8) is 0 Å². The minimum absolute atomic E-state index is 0.0533. The lowest BCUT2D eigenvalue weighted by Gasteiger charge is -2.13. The van der Waals surface area contributed by atoms with E-state index in [9.17, 15) is 9.59 Å². The fraction of sp³-hybridized carbons (Fsp3) is 0.467. The van der Waals surface area contributed by atoms with E-state index in [1.54, 1.807) is 18.2 Å². The van der Waals surface area contributed by atoms with Crippen molar-refractivity contribution in [2.24, 2.45) is 5.92 Å². The van der Waals surface area contributed by atoms with Gasteiger partial charge in [-0.2, -0.15) is 0 Å². The van der Waals surface area contributed by atoms with Gasteiger partial charge in [-0.1, -0.05) is 0 Å². The van der Waals surface area contributed by atoms with Gasteiger partial charge in [0.15, 0.2) is 11.5 Å². The van der Waals surface area contributed by atoms with E-state index in [-0.39, 0.29) is 24.7 Å². The van der Waals surface area contributed by atoms with Gasteiger partial charge in [0, 0.05) is 12.0 Å². The van der Waals surface area contributed by atoms with Crippen LogP contribution >= 0.6 is 0 Å². The third-order valence-corrected chi connectivity index (χ3v) is 3.99. The first-order valence-corrected chi connectivity index (χ1v) is 7.36. The Bertz CT molecular complexity index is 628. The molecule has 0 bridgehead atoms. The van der Waals surface area contributed by atoms with Gasteiger partial charge in [-0.3, -0.25) is 9.69 Å². The Morgan fingerprint density at radius 2 is 2.09 bits per heavy atom. The smallest absolute Gasteiger partial charge is 0.414 e. The largest absolute Gasteiger partial charge is 0.454 e. The van der Waals surface area contributed by atoms with Gasteiger partial charge in [-0.25, -0.2) is 4.79 Å². The minimum Gasteiger partial charge on any atom is -0.454 e. The summed E-state index contributed by atoms with van der Waals surface area (Å²) >= 11 is 0. The molecule has 1 aliphatic carbocycles. The lowest BCUT2D eigenvalue weighted by molar-refractivity contribution is -0.122. The van der Waals surface area contributed by atoms with Gasteiger partial charge in [0.2, 0.25) is 12.7 Å². The third kappa shape index (κ3) is 2.43. The van der Waals surface area contributed by atoms with Crippen molar-refractivity contribution in [1.29, 1.82) is 0 Å². The zero-order valence-electron chi connectivity index (χ0n) is 11.9. The molecule has 1 unspecified atom stereocenters. The van der Waals surface area contributed by atoms with E-state index in [2.05, 4.69) is 5.32 Å². The zero-order valence-corrected chi connectivity index (χ0v) is 11.9. The number of cyclic esters (lactones) is 1. The highest BCUT2D eigenvalue weighted by Crippen LogP contribution is 2.36. The molecular formula is C15H16N2O5. The first-order chi connectivity index (χ1) is 10.7. The first kappa shape index (κ1) is 13.2. The number of ether oxygens (including phenoxy) is 3. The number of fused-ring (bicyclic) bond motifs is 1. The van der Waals surface area contributed by atoms with Crippen molar-refractivity contribution in [3.05, 3.63) is 18.2 Å². The van der Waals surface area contributed by atoms with Gasteiger partial charge in [-0.05, 0) is 25.0 Å². The van der Waals surface area contributed by atoms with Crippen LogP contribution in [0.5, 0.6) is 11.5 Å². The third-order valence-electron chi connectivity index (χ3n) is 3.99. The molecule has 1 aromatic rings. The molecule has 7 heteroatoms. The van der Waals surface area contributed by atoms with Gasteiger partial charge in [0.1, 0.15) is 6.10 Å². The second kappa shape index (κ2) is 5.08. The average Bonchev–Trinajstić information content (AvgIpc) is 3.15. The highest BCUT2D eigenvalue weighted by Gasteiger charge is 2.35. The van der Waals surface area contributed by atoms with E-state index >= 15 is 0 Å². The summed E-state index contributed by atoms with van der Waals surface area (Å²) in [4.78, 5) is 25.2. The van der Waals surface area contributed by atoms with Crippen LogP contribution in [-0.4, -0.2) is 38.0 Å². The first-order valence-electron chi connectivity index (χ1n) is 7.36. The summed E-state index contributed by atoms with van der Waals surface area (Å²) in [7, 11) is 0. The Morgan fingerprint density at radius 3 is 2.91 bits per heavy atom. The Labute approximate surface area is 127 Å². The summed E-state index contributed by atoms with van der Waals surface area (Å²) < 4.78 is 15.9. The zero-order chi connectivity index (χ0) is 15.1. The molecule has 0 spiro atoms. The molecule has 2 amide bonds. The molecule has 7 nitrogen and oxygen atoms in total. The fourth-order valence-electron chi connectivity index (χ4n) is 2.60. The van der Waals surface area contributed by atoms with Gasteiger partial charge >= 0.3 is 6.09 Å². The molecule has 1 aromatic carbocycles. The van der Waals surface area contributed by atoms with Crippen molar-refractivity contribution >= 4 is 17.7 Å². The molecule has 1 atom stereocenters. The summed E-state index contributed by atoms with van der Waals surface area (Å²) in [5, 5.41) is 2.83. The van der Waals surface area contributed by atoms with Crippen LogP contribution in [0.2, 0.25) is 0 Å². The number of carbonyl (C=O) groups is 2. The van der Waals surface area contributed by atoms with Crippen LogP contribution < -0.4 is 19.7 Å². The number of amides is 2. The molecule has 2 aliphatic heterocycles. The molecule has 0 aromatic heterocycles. The van der Waals surface area contributed by atoms with Crippen molar-refractivity contribution < 1.29 is 23.8 Å². The number of nitrogens with zero attached hydrogens (tertiary/aromatic N) is 1. The topological polar surface area (TPSA) is 77.1 Å². The van der Waals surface area contributed by atoms with Crippen molar-refractivity contribution in [2.45, 2.75) is 18.9 Å². The van der Waals surface area contributed by atoms with Gasteiger partial charge in [-0.15, -0.1) is 0 Å². The van der Waals surface area contributed by atoms with Gasteiger partial charge in [0.05, 0.1) is 18.8 Å². The van der Waals surface area contributed by atoms with E-state index in [1.165, 1.54) is 4.90 Å². The lowest BCUT2D eigenvalue weighted by atomic mass is 10.2. The standard InChI is InChI=1S/C15H16N2O5/c18-14(9-1-2-9)16-6-11-7-17(15(19)22-11)10-3-4-12-13(5-10)21-8-20-12/h3-5,9,11H,1-2,6-8H2,(H,16,18). The molecule has 4 rings (SSSR count). The van der Waals surface area contributed by atoms with Crippen molar-refractivity contribution in [1.82, 2.24) is 5.32 Å². The summed E-state index contributed by atoms with van der Waals surface area (Å²) in [6, 6.07) is 5.32.